The van der Waals surface area contributed by atoms with Gasteiger partial charge in [-0.05, 0) is 19.3 Å². The summed E-state index contributed by atoms with van der Waals surface area (Å²) in [5.41, 5.74) is 5.70. The van der Waals surface area contributed by atoms with Crippen molar-refractivity contribution in [2.75, 3.05) is 0 Å². The number of amides is 1. The van der Waals surface area contributed by atoms with E-state index in [0.29, 0.717) is 12.5 Å². The second kappa shape index (κ2) is 7.10. The number of hydrogen-bond acceptors (Lipinski definition) is 2. The van der Waals surface area contributed by atoms with E-state index in [0.717, 1.165) is 19.3 Å². The predicted molar refractivity (Wildman–Crippen MR) is 50.6 cm³/mol. The monoisotopic (exact) mass is 172 g/mol. The summed E-state index contributed by atoms with van der Waals surface area (Å²) in [5, 5.41) is 0. The van der Waals surface area contributed by atoms with Crippen molar-refractivity contribution in [2.45, 2.75) is 52.5 Å². The molecular formula is C9H20N2O. The molecule has 0 saturated carbocycles. The third-order valence-corrected chi connectivity index (χ3v) is 1.88. The van der Waals surface area contributed by atoms with E-state index in [1.165, 1.54) is 0 Å². The molecule has 2 N–H and O–H groups in total. The van der Waals surface area contributed by atoms with Gasteiger partial charge in [0, 0.05) is 12.5 Å². The second-order valence-corrected chi connectivity index (χ2v) is 2.96. The van der Waals surface area contributed by atoms with Crippen LogP contribution in [0.4, 0.5) is 0 Å². The molecule has 12 heavy (non-hydrogen) atoms. The molecule has 0 bridgehead atoms. The molecule has 0 aliphatic rings. The summed E-state index contributed by atoms with van der Waals surface area (Å²) in [6.07, 6.45) is 3.59. The Hall–Kier alpha value is -0.570. The van der Waals surface area contributed by atoms with Crippen LogP contribution in [0.3, 0.4) is 0 Å². The van der Waals surface area contributed by atoms with Crippen molar-refractivity contribution in [3.8, 4) is 0 Å². The van der Waals surface area contributed by atoms with Gasteiger partial charge in [0.15, 0.2) is 0 Å². The minimum Gasteiger partial charge on any atom is -0.291 e. The lowest BCUT2D eigenvalue weighted by atomic mass is 10.2. The summed E-state index contributed by atoms with van der Waals surface area (Å²) in [5.74, 6) is 0.0874. The quantitative estimate of drug-likeness (QED) is 0.597. The van der Waals surface area contributed by atoms with Gasteiger partial charge < -0.3 is 0 Å². The molecule has 0 radical (unpaired) electrons. The third-order valence-electron chi connectivity index (χ3n) is 1.88. The van der Waals surface area contributed by atoms with E-state index in [2.05, 4.69) is 24.7 Å². The van der Waals surface area contributed by atoms with Crippen LogP contribution in [0.5, 0.6) is 0 Å². The first-order valence-electron chi connectivity index (χ1n) is 4.78. The van der Waals surface area contributed by atoms with Crippen molar-refractivity contribution in [1.29, 1.82) is 0 Å². The zero-order valence-electron chi connectivity index (χ0n) is 8.31. The van der Waals surface area contributed by atoms with Crippen LogP contribution in [0.2, 0.25) is 0 Å². The number of carbonyl (C=O) groups is 1. The van der Waals surface area contributed by atoms with Crippen LogP contribution in [-0.2, 0) is 4.79 Å². The molecule has 0 saturated heterocycles. The average Bonchev–Trinajstić information content (AvgIpc) is 2.07. The van der Waals surface area contributed by atoms with Gasteiger partial charge in [-0.3, -0.25) is 10.2 Å². The number of nitrogens with one attached hydrogen (secondary N) is 2. The first-order valence-corrected chi connectivity index (χ1v) is 4.78. The smallest absolute Gasteiger partial charge is 0.234 e. The van der Waals surface area contributed by atoms with Crippen LogP contribution in [0.1, 0.15) is 46.5 Å². The molecule has 3 heteroatoms. The van der Waals surface area contributed by atoms with Crippen LogP contribution >= 0.6 is 0 Å². The van der Waals surface area contributed by atoms with Crippen molar-refractivity contribution < 1.29 is 4.79 Å². The van der Waals surface area contributed by atoms with E-state index in [-0.39, 0.29) is 5.91 Å². The fourth-order valence-electron chi connectivity index (χ4n) is 0.965. The molecule has 0 aliphatic heterocycles. The van der Waals surface area contributed by atoms with E-state index in [1.807, 2.05) is 6.92 Å². The van der Waals surface area contributed by atoms with Crippen molar-refractivity contribution in [3.63, 3.8) is 0 Å². The Morgan fingerprint density at radius 2 is 1.83 bits per heavy atom. The molecule has 0 heterocycles. The van der Waals surface area contributed by atoms with Gasteiger partial charge in [0.05, 0.1) is 0 Å². The van der Waals surface area contributed by atoms with Gasteiger partial charge >= 0.3 is 0 Å². The average molecular weight is 172 g/mol. The van der Waals surface area contributed by atoms with Crippen molar-refractivity contribution in [3.05, 3.63) is 0 Å². The minimum atomic E-state index is 0.0874. The van der Waals surface area contributed by atoms with Gasteiger partial charge in [-0.25, -0.2) is 5.43 Å². The van der Waals surface area contributed by atoms with Crippen molar-refractivity contribution >= 4 is 5.91 Å². The van der Waals surface area contributed by atoms with Crippen LogP contribution in [0, 0.1) is 0 Å². The second-order valence-electron chi connectivity index (χ2n) is 2.96. The Labute approximate surface area is 74.9 Å². The standard InChI is InChI=1S/C9H20N2O/c1-4-7-9(12)11-10-8(5-2)6-3/h8,10H,4-7H2,1-3H3,(H,11,12). The Bertz CT molecular complexity index is 122. The van der Waals surface area contributed by atoms with Gasteiger partial charge in [-0.15, -0.1) is 0 Å². The lowest BCUT2D eigenvalue weighted by molar-refractivity contribution is -0.122. The maximum Gasteiger partial charge on any atom is 0.234 e. The Kier molecular flexibility index (Phi) is 6.76. The zero-order chi connectivity index (χ0) is 9.40. The van der Waals surface area contributed by atoms with Crippen LogP contribution in [-0.4, -0.2) is 11.9 Å². The highest BCUT2D eigenvalue weighted by Crippen LogP contribution is 1.93. The van der Waals surface area contributed by atoms with E-state index in [1.54, 1.807) is 0 Å². The fraction of sp³-hybridized carbons (Fsp3) is 0.889. The molecule has 0 spiro atoms. The van der Waals surface area contributed by atoms with Crippen LogP contribution in [0.25, 0.3) is 0 Å². The lowest BCUT2D eigenvalue weighted by Crippen LogP contribution is -2.43. The summed E-state index contributed by atoms with van der Waals surface area (Å²) in [7, 11) is 0. The maximum absolute atomic E-state index is 11.0. The largest absolute Gasteiger partial charge is 0.291 e. The molecule has 0 aromatic rings. The molecule has 0 aromatic heterocycles. The molecule has 1 amide bonds. The molecule has 0 unspecified atom stereocenters. The third kappa shape index (κ3) is 5.13. The Balaban J connectivity index is 3.44. The lowest BCUT2D eigenvalue weighted by Gasteiger charge is -2.14. The van der Waals surface area contributed by atoms with Gasteiger partial charge in [0.2, 0.25) is 5.91 Å². The summed E-state index contributed by atoms with van der Waals surface area (Å²) in [6, 6.07) is 0.408. The molecule has 0 rings (SSSR count). The molecule has 0 fully saturated rings. The van der Waals surface area contributed by atoms with Gasteiger partial charge in [0.1, 0.15) is 0 Å². The zero-order valence-corrected chi connectivity index (χ0v) is 8.31. The summed E-state index contributed by atoms with van der Waals surface area (Å²) < 4.78 is 0. The normalized spacial score (nSPS) is 10.3. The van der Waals surface area contributed by atoms with E-state index < -0.39 is 0 Å². The number of carbonyl (C=O) groups excluding carboxylic acids is 1. The maximum atomic E-state index is 11.0. The Morgan fingerprint density at radius 3 is 2.25 bits per heavy atom. The number of rotatable bonds is 6. The minimum absolute atomic E-state index is 0.0874. The van der Waals surface area contributed by atoms with Crippen LogP contribution < -0.4 is 10.9 Å². The van der Waals surface area contributed by atoms with E-state index in [9.17, 15) is 4.79 Å². The number of hydrazine groups is 1. The fourth-order valence-corrected chi connectivity index (χ4v) is 0.965. The first-order chi connectivity index (χ1) is 5.74. The topological polar surface area (TPSA) is 41.1 Å². The molecule has 0 aromatic carbocycles. The predicted octanol–water partition coefficient (Wildman–Crippen LogP) is 1.60. The Morgan fingerprint density at radius 1 is 1.25 bits per heavy atom. The van der Waals surface area contributed by atoms with Gasteiger partial charge in [-0.2, -0.15) is 0 Å². The molecule has 3 nitrogen and oxygen atoms in total. The molecule has 72 valence electrons. The van der Waals surface area contributed by atoms with E-state index in [4.69, 9.17) is 0 Å². The molecule has 0 aliphatic carbocycles. The highest BCUT2D eigenvalue weighted by molar-refractivity contribution is 5.75. The van der Waals surface area contributed by atoms with E-state index >= 15 is 0 Å². The first kappa shape index (κ1) is 11.4. The summed E-state index contributed by atoms with van der Waals surface area (Å²) >= 11 is 0. The molecule has 0 atom stereocenters. The van der Waals surface area contributed by atoms with Crippen LogP contribution in [0.15, 0.2) is 0 Å². The highest BCUT2D eigenvalue weighted by atomic mass is 16.2. The molecular weight excluding hydrogens is 152 g/mol. The highest BCUT2D eigenvalue weighted by Gasteiger charge is 2.03. The van der Waals surface area contributed by atoms with Crippen molar-refractivity contribution in [1.82, 2.24) is 10.9 Å². The SMILES string of the molecule is CCCC(=O)NNC(CC)CC. The van der Waals surface area contributed by atoms with Crippen molar-refractivity contribution in [2.24, 2.45) is 0 Å². The van der Waals surface area contributed by atoms with Gasteiger partial charge in [0.25, 0.3) is 0 Å². The van der Waals surface area contributed by atoms with Gasteiger partial charge in [-0.1, -0.05) is 20.8 Å². The summed E-state index contributed by atoms with van der Waals surface area (Å²) in [4.78, 5) is 11.0. The number of hydrogen-bond donors (Lipinski definition) is 2. The summed E-state index contributed by atoms with van der Waals surface area (Å²) in [6.45, 7) is 6.21.